The van der Waals surface area contributed by atoms with Gasteiger partial charge in [-0.1, -0.05) is 30.7 Å². The van der Waals surface area contributed by atoms with Crippen molar-refractivity contribution < 1.29 is 12.8 Å². The summed E-state index contributed by atoms with van der Waals surface area (Å²) < 4.78 is 42.5. The number of nitrogens with one attached hydrogen (secondary N) is 1. The van der Waals surface area contributed by atoms with E-state index in [1.54, 1.807) is 0 Å². The van der Waals surface area contributed by atoms with Gasteiger partial charge in [0.1, 0.15) is 5.82 Å². The minimum absolute atomic E-state index is 0.137. The van der Waals surface area contributed by atoms with Crippen LogP contribution in [-0.4, -0.2) is 19.8 Å². The molecule has 0 aliphatic rings. The quantitative estimate of drug-likeness (QED) is 0.795. The van der Waals surface area contributed by atoms with Crippen molar-refractivity contribution in [2.75, 3.05) is 7.05 Å². The summed E-state index contributed by atoms with van der Waals surface area (Å²) in [6.07, 6.45) is 0.619. The summed E-state index contributed by atoms with van der Waals surface area (Å²) in [5.41, 5.74) is 0.159. The summed E-state index contributed by atoms with van der Waals surface area (Å²) in [6, 6.07) is 7.73. The largest absolute Gasteiger partial charge is 0.280 e. The van der Waals surface area contributed by atoms with Gasteiger partial charge in [-0.05, 0) is 30.0 Å². The summed E-state index contributed by atoms with van der Waals surface area (Å²) in [6.45, 7) is 1.77. The van der Waals surface area contributed by atoms with E-state index in [1.165, 1.54) is 36.6 Å². The Morgan fingerprint density at radius 2 is 2.09 bits per heavy atom. The zero-order valence-corrected chi connectivity index (χ0v) is 15.2. The molecule has 1 N–H and O–H groups in total. The van der Waals surface area contributed by atoms with Crippen molar-refractivity contribution >= 4 is 33.1 Å². The molecule has 0 saturated heterocycles. The maximum absolute atomic E-state index is 13.8. The molecule has 4 nitrogen and oxygen atoms in total. The molecular formula is C15H18ClFN2O2S2. The SMILES string of the molecule is CCC(NS(=O)(=O)N(C)Cc1c(F)cccc1Cl)c1cccs1. The van der Waals surface area contributed by atoms with E-state index in [0.29, 0.717) is 6.42 Å². The van der Waals surface area contributed by atoms with Crippen LogP contribution in [0, 0.1) is 5.82 Å². The first-order valence-corrected chi connectivity index (χ1v) is 9.74. The summed E-state index contributed by atoms with van der Waals surface area (Å²) in [7, 11) is -2.37. The number of rotatable bonds is 7. The summed E-state index contributed by atoms with van der Waals surface area (Å²) in [5, 5.41) is 2.10. The topological polar surface area (TPSA) is 49.4 Å². The van der Waals surface area contributed by atoms with Crippen LogP contribution in [-0.2, 0) is 16.8 Å². The van der Waals surface area contributed by atoms with Crippen LogP contribution in [0.25, 0.3) is 0 Å². The normalized spacial score (nSPS) is 13.4. The van der Waals surface area contributed by atoms with Crippen molar-refractivity contribution in [3.8, 4) is 0 Å². The molecule has 1 atom stereocenters. The third-order valence-electron chi connectivity index (χ3n) is 3.44. The van der Waals surface area contributed by atoms with Gasteiger partial charge in [-0.3, -0.25) is 0 Å². The molecule has 23 heavy (non-hydrogen) atoms. The Balaban J connectivity index is 2.15. The molecule has 2 aromatic rings. The number of benzene rings is 1. The second-order valence-corrected chi connectivity index (χ2v) is 8.25. The fourth-order valence-corrected chi connectivity index (χ4v) is 4.38. The molecule has 1 aromatic heterocycles. The average Bonchev–Trinajstić information content (AvgIpc) is 3.02. The van der Waals surface area contributed by atoms with Crippen molar-refractivity contribution in [1.29, 1.82) is 0 Å². The molecular weight excluding hydrogens is 359 g/mol. The van der Waals surface area contributed by atoms with E-state index in [0.717, 1.165) is 9.18 Å². The highest BCUT2D eigenvalue weighted by molar-refractivity contribution is 7.87. The van der Waals surface area contributed by atoms with Crippen LogP contribution < -0.4 is 4.72 Å². The van der Waals surface area contributed by atoms with Crippen LogP contribution in [0.2, 0.25) is 5.02 Å². The summed E-state index contributed by atoms with van der Waals surface area (Å²) >= 11 is 7.45. The van der Waals surface area contributed by atoms with Gasteiger partial charge >= 0.3 is 0 Å². The Hall–Kier alpha value is -0.990. The van der Waals surface area contributed by atoms with E-state index in [1.807, 2.05) is 24.4 Å². The second kappa shape index (κ2) is 7.72. The molecule has 0 saturated carbocycles. The third-order valence-corrected chi connectivity index (χ3v) is 6.31. The van der Waals surface area contributed by atoms with Crippen LogP contribution in [0.5, 0.6) is 0 Å². The Kier molecular flexibility index (Phi) is 6.16. The lowest BCUT2D eigenvalue weighted by Crippen LogP contribution is -2.39. The van der Waals surface area contributed by atoms with Crippen LogP contribution in [0.4, 0.5) is 4.39 Å². The molecule has 1 unspecified atom stereocenters. The summed E-state index contributed by atoms with van der Waals surface area (Å²) in [5.74, 6) is -0.523. The smallest absolute Gasteiger partial charge is 0.207 e. The number of thiophene rings is 1. The van der Waals surface area contributed by atoms with E-state index in [4.69, 9.17) is 11.6 Å². The maximum atomic E-state index is 13.8. The fraction of sp³-hybridized carbons (Fsp3) is 0.333. The van der Waals surface area contributed by atoms with Crippen molar-refractivity contribution in [1.82, 2.24) is 9.03 Å². The molecule has 0 fully saturated rings. The molecule has 126 valence electrons. The van der Waals surface area contributed by atoms with E-state index >= 15 is 0 Å². The maximum Gasteiger partial charge on any atom is 0.280 e. The molecule has 0 aliphatic heterocycles. The standard InChI is InChI=1S/C15H18ClFN2O2S2/c1-3-14(15-8-5-9-22-15)18-23(20,21)19(2)10-11-12(16)6-4-7-13(11)17/h4-9,14,18H,3,10H2,1-2H3. The molecule has 2 rings (SSSR count). The first-order chi connectivity index (χ1) is 10.8. The van der Waals surface area contributed by atoms with Crippen LogP contribution >= 0.6 is 22.9 Å². The minimum atomic E-state index is -3.76. The first kappa shape index (κ1) is 18.4. The number of halogens is 2. The van der Waals surface area contributed by atoms with Crippen LogP contribution in [0.1, 0.15) is 29.8 Å². The van der Waals surface area contributed by atoms with Crippen molar-refractivity contribution in [2.45, 2.75) is 25.9 Å². The van der Waals surface area contributed by atoms with E-state index < -0.39 is 16.0 Å². The number of hydrogen-bond donors (Lipinski definition) is 1. The highest BCUT2D eigenvalue weighted by Crippen LogP contribution is 2.24. The monoisotopic (exact) mass is 376 g/mol. The second-order valence-electron chi connectivity index (χ2n) is 5.06. The van der Waals surface area contributed by atoms with Crippen molar-refractivity contribution in [3.63, 3.8) is 0 Å². The average molecular weight is 377 g/mol. The number of hydrogen-bond acceptors (Lipinski definition) is 3. The first-order valence-electron chi connectivity index (χ1n) is 7.05. The van der Waals surface area contributed by atoms with Crippen molar-refractivity contribution in [3.05, 3.63) is 57.0 Å². The molecule has 1 aromatic carbocycles. The third kappa shape index (κ3) is 4.51. The molecule has 0 radical (unpaired) electrons. The van der Waals surface area contributed by atoms with E-state index in [9.17, 15) is 12.8 Å². The zero-order valence-electron chi connectivity index (χ0n) is 12.8. The molecule has 0 aliphatic carbocycles. The van der Waals surface area contributed by atoms with Gasteiger partial charge < -0.3 is 0 Å². The van der Waals surface area contributed by atoms with Gasteiger partial charge in [-0.25, -0.2) is 4.39 Å². The Bertz CT molecular complexity index is 731. The molecule has 8 heteroatoms. The Labute approximate surface area is 145 Å². The van der Waals surface area contributed by atoms with E-state index in [-0.39, 0.29) is 23.2 Å². The lowest BCUT2D eigenvalue weighted by Gasteiger charge is -2.22. The van der Waals surface area contributed by atoms with Gasteiger partial charge in [0.25, 0.3) is 10.2 Å². The molecule has 0 amide bonds. The molecule has 0 bridgehead atoms. The predicted octanol–water partition coefficient (Wildman–Crippen LogP) is 3.96. The molecule has 1 heterocycles. The van der Waals surface area contributed by atoms with Gasteiger partial charge in [-0.2, -0.15) is 17.4 Å². The van der Waals surface area contributed by atoms with Gasteiger partial charge in [0, 0.05) is 29.1 Å². The molecule has 0 spiro atoms. The van der Waals surface area contributed by atoms with Gasteiger partial charge in [0.05, 0.1) is 6.04 Å². The number of nitrogens with zero attached hydrogens (tertiary/aromatic N) is 1. The predicted molar refractivity (Wildman–Crippen MR) is 92.3 cm³/mol. The van der Waals surface area contributed by atoms with Gasteiger partial charge in [0.2, 0.25) is 0 Å². The van der Waals surface area contributed by atoms with Crippen LogP contribution in [0.3, 0.4) is 0 Å². The Morgan fingerprint density at radius 3 is 2.65 bits per heavy atom. The minimum Gasteiger partial charge on any atom is -0.207 e. The highest BCUT2D eigenvalue weighted by Gasteiger charge is 2.24. The lowest BCUT2D eigenvalue weighted by molar-refractivity contribution is 0.436. The van der Waals surface area contributed by atoms with E-state index in [2.05, 4.69) is 4.72 Å². The highest BCUT2D eigenvalue weighted by atomic mass is 35.5. The van der Waals surface area contributed by atoms with Gasteiger partial charge in [0.15, 0.2) is 0 Å². The van der Waals surface area contributed by atoms with Crippen LogP contribution in [0.15, 0.2) is 35.7 Å². The zero-order chi connectivity index (χ0) is 17.0. The lowest BCUT2D eigenvalue weighted by atomic mass is 10.2. The summed E-state index contributed by atoms with van der Waals surface area (Å²) in [4.78, 5) is 0.938. The van der Waals surface area contributed by atoms with Gasteiger partial charge in [-0.15, -0.1) is 11.3 Å². The Morgan fingerprint density at radius 1 is 1.35 bits per heavy atom. The fourth-order valence-electron chi connectivity index (χ4n) is 2.09. The van der Waals surface area contributed by atoms with Crippen molar-refractivity contribution in [2.24, 2.45) is 0 Å².